The molecule has 0 aromatic heterocycles. The molecule has 1 aliphatic rings. The highest BCUT2D eigenvalue weighted by molar-refractivity contribution is 7.19. The largest absolute Gasteiger partial charge is 0.305 e. The predicted octanol–water partition coefficient (Wildman–Crippen LogP) is 2.33. The quantitative estimate of drug-likeness (QED) is 0.521. The van der Waals surface area contributed by atoms with Crippen molar-refractivity contribution >= 4 is 18.5 Å². The molecule has 1 fully saturated rings. The third-order valence-electron chi connectivity index (χ3n) is 2.45. The topological polar surface area (TPSA) is 12.0 Å². The number of hydrogen-bond acceptors (Lipinski definition) is 1. The van der Waals surface area contributed by atoms with Crippen LogP contribution in [0.1, 0.15) is 38.5 Å². The van der Waals surface area contributed by atoms with E-state index in [1.54, 1.807) is 0 Å². The van der Waals surface area contributed by atoms with Gasteiger partial charge in [-0.25, -0.2) is 0 Å². The molecule has 11 heavy (non-hydrogen) atoms. The van der Waals surface area contributed by atoms with Crippen LogP contribution in [0.2, 0.25) is 0 Å². The fourth-order valence-corrected chi connectivity index (χ4v) is 2.91. The van der Waals surface area contributed by atoms with E-state index in [1.165, 1.54) is 38.5 Å². The van der Waals surface area contributed by atoms with Gasteiger partial charge in [-0.15, -0.1) is 18.5 Å². The molecule has 0 aliphatic heterocycles. The van der Waals surface area contributed by atoms with Crippen molar-refractivity contribution in [3.63, 3.8) is 0 Å². The van der Waals surface area contributed by atoms with Gasteiger partial charge in [0.05, 0.1) is 0 Å². The lowest BCUT2D eigenvalue weighted by molar-refractivity contribution is 0.443. The van der Waals surface area contributed by atoms with E-state index in [4.69, 9.17) is 0 Å². The molecular weight excluding hydrogens is 172 g/mol. The average Bonchev–Trinajstić information content (AvgIpc) is 2.15. The van der Waals surface area contributed by atoms with Crippen LogP contribution >= 0.6 is 18.5 Å². The summed E-state index contributed by atoms with van der Waals surface area (Å²) in [6.07, 6.45) is 9.30. The Morgan fingerprint density at radius 3 is 2.09 bits per heavy atom. The second kappa shape index (κ2) is 4.75. The second-order valence-corrected chi connectivity index (χ2v) is 4.96. The Morgan fingerprint density at radius 1 is 1.09 bits per heavy atom. The van der Waals surface area contributed by atoms with Gasteiger partial charge in [-0.05, 0) is 12.8 Å². The standard InChI is InChI=1S/C8H19NP2/c10-7-9-8(11)5-3-1-2-4-6-8/h9H,1-7,10-11H2. The predicted molar refractivity (Wildman–Crippen MR) is 57.9 cm³/mol. The molecule has 0 bridgehead atoms. The summed E-state index contributed by atoms with van der Waals surface area (Å²) in [5.41, 5.74) is 0. The van der Waals surface area contributed by atoms with Crippen molar-refractivity contribution in [2.75, 3.05) is 6.29 Å². The van der Waals surface area contributed by atoms with Gasteiger partial charge >= 0.3 is 0 Å². The molecule has 0 amide bonds. The van der Waals surface area contributed by atoms with Crippen LogP contribution in [-0.4, -0.2) is 11.6 Å². The van der Waals surface area contributed by atoms with Crippen molar-refractivity contribution in [1.29, 1.82) is 0 Å². The summed E-state index contributed by atoms with van der Waals surface area (Å²) >= 11 is 0. The first-order valence-corrected chi connectivity index (χ1v) is 5.90. The minimum atomic E-state index is 0.359. The molecule has 0 saturated heterocycles. The van der Waals surface area contributed by atoms with E-state index in [1.807, 2.05) is 0 Å². The van der Waals surface area contributed by atoms with Crippen LogP contribution in [0.4, 0.5) is 0 Å². The second-order valence-electron chi connectivity index (χ2n) is 3.45. The molecule has 1 nitrogen and oxygen atoms in total. The van der Waals surface area contributed by atoms with Crippen LogP contribution in [0.5, 0.6) is 0 Å². The zero-order chi connectivity index (χ0) is 8.16. The van der Waals surface area contributed by atoms with Gasteiger partial charge in [0.2, 0.25) is 0 Å². The highest BCUT2D eigenvalue weighted by Crippen LogP contribution is 2.32. The normalized spacial score (nSPS) is 24.5. The van der Waals surface area contributed by atoms with E-state index in [0.717, 1.165) is 6.29 Å². The molecular formula is C8H19NP2. The minimum Gasteiger partial charge on any atom is -0.305 e. The molecule has 0 radical (unpaired) electrons. The van der Waals surface area contributed by atoms with Gasteiger partial charge in [0.1, 0.15) is 0 Å². The van der Waals surface area contributed by atoms with Gasteiger partial charge in [-0.1, -0.05) is 25.7 Å². The average molecular weight is 191 g/mol. The Morgan fingerprint density at radius 2 is 1.64 bits per heavy atom. The maximum Gasteiger partial charge on any atom is 0.0326 e. The lowest BCUT2D eigenvalue weighted by Crippen LogP contribution is -2.37. The van der Waals surface area contributed by atoms with E-state index >= 15 is 0 Å². The van der Waals surface area contributed by atoms with Gasteiger partial charge in [-0.2, -0.15) is 0 Å². The van der Waals surface area contributed by atoms with E-state index < -0.39 is 0 Å². The number of nitrogens with one attached hydrogen (secondary N) is 1. The summed E-state index contributed by atoms with van der Waals surface area (Å²) in [4.78, 5) is 0. The molecule has 1 aliphatic carbocycles. The third-order valence-corrected chi connectivity index (χ3v) is 3.44. The number of rotatable bonds is 2. The molecule has 3 heteroatoms. The van der Waals surface area contributed by atoms with Crippen molar-refractivity contribution < 1.29 is 0 Å². The molecule has 2 atom stereocenters. The van der Waals surface area contributed by atoms with Crippen molar-refractivity contribution in [3.8, 4) is 0 Å². The highest BCUT2D eigenvalue weighted by Gasteiger charge is 2.23. The van der Waals surface area contributed by atoms with Crippen molar-refractivity contribution in [2.45, 2.75) is 43.8 Å². The Balaban J connectivity index is 2.38. The zero-order valence-corrected chi connectivity index (χ0v) is 9.41. The fraction of sp³-hybridized carbons (Fsp3) is 1.00. The van der Waals surface area contributed by atoms with Crippen molar-refractivity contribution in [1.82, 2.24) is 5.32 Å². The number of hydrogen-bond donors (Lipinski definition) is 1. The van der Waals surface area contributed by atoms with Gasteiger partial charge in [-0.3, -0.25) is 0 Å². The first-order valence-electron chi connectivity index (χ1n) is 4.51. The van der Waals surface area contributed by atoms with Crippen LogP contribution in [0.3, 0.4) is 0 Å². The van der Waals surface area contributed by atoms with Crippen molar-refractivity contribution in [3.05, 3.63) is 0 Å². The van der Waals surface area contributed by atoms with Crippen molar-refractivity contribution in [2.24, 2.45) is 0 Å². The Kier molecular flexibility index (Phi) is 4.28. The van der Waals surface area contributed by atoms with Crippen LogP contribution in [-0.2, 0) is 0 Å². The molecule has 0 aromatic rings. The molecule has 1 saturated carbocycles. The Bertz CT molecular complexity index is 109. The smallest absolute Gasteiger partial charge is 0.0326 e. The Hall–Kier alpha value is 0.820. The summed E-state index contributed by atoms with van der Waals surface area (Å²) in [6, 6.07) is 0. The highest BCUT2D eigenvalue weighted by atomic mass is 31.0. The molecule has 0 heterocycles. The molecule has 0 aromatic carbocycles. The molecule has 66 valence electrons. The minimum absolute atomic E-state index is 0.359. The third kappa shape index (κ3) is 3.36. The summed E-state index contributed by atoms with van der Waals surface area (Å²) in [7, 11) is 5.73. The SMILES string of the molecule is PCNC1(P)CCCCCC1. The molecule has 0 spiro atoms. The van der Waals surface area contributed by atoms with Gasteiger partial charge in [0.25, 0.3) is 0 Å². The van der Waals surface area contributed by atoms with Gasteiger partial charge < -0.3 is 5.32 Å². The molecule has 2 unspecified atom stereocenters. The maximum atomic E-state index is 3.53. The lowest BCUT2D eigenvalue weighted by Gasteiger charge is -2.28. The zero-order valence-electron chi connectivity index (χ0n) is 7.10. The fourth-order valence-electron chi connectivity index (χ4n) is 1.74. The van der Waals surface area contributed by atoms with E-state index in [-0.39, 0.29) is 0 Å². The summed E-state index contributed by atoms with van der Waals surface area (Å²) in [6.45, 7) is 0. The summed E-state index contributed by atoms with van der Waals surface area (Å²) in [5, 5.41) is 3.89. The van der Waals surface area contributed by atoms with Crippen LogP contribution < -0.4 is 5.32 Å². The van der Waals surface area contributed by atoms with Gasteiger partial charge in [0, 0.05) is 11.6 Å². The summed E-state index contributed by atoms with van der Waals surface area (Å²) < 4.78 is 0. The first-order chi connectivity index (χ1) is 5.27. The Labute approximate surface area is 74.5 Å². The van der Waals surface area contributed by atoms with Crippen LogP contribution in [0.15, 0.2) is 0 Å². The van der Waals surface area contributed by atoms with Crippen LogP contribution in [0.25, 0.3) is 0 Å². The van der Waals surface area contributed by atoms with E-state index in [2.05, 4.69) is 23.8 Å². The van der Waals surface area contributed by atoms with E-state index in [0.29, 0.717) is 5.28 Å². The lowest BCUT2D eigenvalue weighted by atomic mass is 10.1. The molecule has 1 rings (SSSR count). The van der Waals surface area contributed by atoms with Crippen LogP contribution in [0, 0.1) is 0 Å². The molecule has 1 N–H and O–H groups in total. The van der Waals surface area contributed by atoms with E-state index in [9.17, 15) is 0 Å². The maximum absolute atomic E-state index is 3.53. The first kappa shape index (κ1) is 9.90. The summed E-state index contributed by atoms with van der Waals surface area (Å²) in [5.74, 6) is 0. The van der Waals surface area contributed by atoms with Gasteiger partial charge in [0.15, 0.2) is 0 Å². The monoisotopic (exact) mass is 191 g/mol.